The van der Waals surface area contributed by atoms with Crippen molar-refractivity contribution in [3.8, 4) is 0 Å². The molecule has 2 aromatic rings. The second-order valence-corrected chi connectivity index (χ2v) is 4.78. The Kier molecular flexibility index (Phi) is 3.79. The van der Waals surface area contributed by atoms with Crippen molar-refractivity contribution in [3.63, 3.8) is 0 Å². The highest BCUT2D eigenvalue weighted by Gasteiger charge is 2.04. The van der Waals surface area contributed by atoms with Gasteiger partial charge >= 0.3 is 0 Å². The second-order valence-electron chi connectivity index (χ2n) is 3.93. The molecule has 0 aliphatic heterocycles. The minimum atomic E-state index is 0.334. The van der Waals surface area contributed by atoms with E-state index in [-0.39, 0.29) is 0 Å². The van der Waals surface area contributed by atoms with Crippen molar-refractivity contribution in [2.75, 3.05) is 5.32 Å². The van der Waals surface area contributed by atoms with Crippen molar-refractivity contribution in [1.82, 2.24) is 4.98 Å². The quantitative estimate of drug-likeness (QED) is 0.844. The molecule has 1 heterocycles. The molecule has 0 aliphatic carbocycles. The summed E-state index contributed by atoms with van der Waals surface area (Å²) in [6.45, 7) is 1.98. The van der Waals surface area contributed by atoms with Gasteiger partial charge in [0.25, 0.3) is 0 Å². The van der Waals surface area contributed by atoms with Crippen LogP contribution in [0, 0.1) is 6.92 Å². The third-order valence-corrected chi connectivity index (χ3v) is 2.96. The Morgan fingerprint density at radius 1 is 1.33 bits per heavy atom. The summed E-state index contributed by atoms with van der Waals surface area (Å²) in [5.74, 6) is 0. The first-order valence-corrected chi connectivity index (χ1v) is 6.13. The number of halogens is 1. The minimum Gasteiger partial charge on any atom is -0.389 e. The summed E-state index contributed by atoms with van der Waals surface area (Å²) in [4.78, 5) is 4.44. The molecule has 18 heavy (non-hydrogen) atoms. The lowest BCUT2D eigenvalue weighted by atomic mass is 10.2. The third kappa shape index (κ3) is 2.97. The number of thiocarbonyl (C=S) groups is 1. The molecule has 0 unspecified atom stereocenters. The van der Waals surface area contributed by atoms with E-state index in [4.69, 9.17) is 29.6 Å². The third-order valence-electron chi connectivity index (χ3n) is 2.41. The van der Waals surface area contributed by atoms with Crippen molar-refractivity contribution in [1.29, 1.82) is 0 Å². The average Bonchev–Trinajstić information content (AvgIpc) is 2.31. The van der Waals surface area contributed by atoms with Crippen molar-refractivity contribution in [2.45, 2.75) is 6.92 Å². The second kappa shape index (κ2) is 5.33. The minimum absolute atomic E-state index is 0.334. The van der Waals surface area contributed by atoms with Gasteiger partial charge in [-0.2, -0.15) is 0 Å². The van der Waals surface area contributed by atoms with Crippen LogP contribution in [0.15, 0.2) is 36.7 Å². The fourth-order valence-electron chi connectivity index (χ4n) is 1.55. The number of benzene rings is 1. The number of nitrogens with two attached hydrogens (primary N) is 1. The summed E-state index contributed by atoms with van der Waals surface area (Å²) in [5, 5.41) is 3.77. The maximum atomic E-state index is 6.17. The molecule has 2 rings (SSSR count). The first-order valence-electron chi connectivity index (χ1n) is 5.34. The van der Waals surface area contributed by atoms with E-state index in [2.05, 4.69) is 10.3 Å². The van der Waals surface area contributed by atoms with Crippen LogP contribution in [0.25, 0.3) is 0 Å². The monoisotopic (exact) mass is 277 g/mol. The van der Waals surface area contributed by atoms with Crippen LogP contribution in [0.2, 0.25) is 5.02 Å². The average molecular weight is 278 g/mol. The van der Waals surface area contributed by atoms with Gasteiger partial charge in [-0.25, -0.2) is 0 Å². The molecule has 0 aliphatic rings. The predicted octanol–water partition coefficient (Wildman–Crippen LogP) is 3.42. The van der Waals surface area contributed by atoms with Gasteiger partial charge in [-0.05, 0) is 36.8 Å². The molecule has 0 fully saturated rings. The van der Waals surface area contributed by atoms with Gasteiger partial charge in [0.15, 0.2) is 0 Å². The van der Waals surface area contributed by atoms with Crippen LogP contribution in [-0.4, -0.2) is 9.97 Å². The zero-order valence-electron chi connectivity index (χ0n) is 9.77. The number of aryl methyl sites for hydroxylation is 1. The maximum absolute atomic E-state index is 6.17. The highest BCUT2D eigenvalue weighted by atomic mass is 35.5. The van der Waals surface area contributed by atoms with Crippen LogP contribution in [0.1, 0.15) is 11.1 Å². The molecule has 0 amide bonds. The number of nitrogens with one attached hydrogen (secondary N) is 1. The first-order chi connectivity index (χ1) is 8.56. The number of pyridine rings is 1. The van der Waals surface area contributed by atoms with Crippen LogP contribution < -0.4 is 11.1 Å². The summed E-state index contributed by atoms with van der Waals surface area (Å²) in [5.41, 5.74) is 9.06. The lowest BCUT2D eigenvalue weighted by molar-refractivity contribution is 1.26. The zero-order valence-corrected chi connectivity index (χ0v) is 11.3. The number of rotatable bonds is 3. The Bertz CT molecular complexity index is 599. The topological polar surface area (TPSA) is 50.9 Å². The molecule has 1 aromatic heterocycles. The highest BCUT2D eigenvalue weighted by molar-refractivity contribution is 7.80. The van der Waals surface area contributed by atoms with E-state index in [9.17, 15) is 0 Å². The molecule has 92 valence electrons. The van der Waals surface area contributed by atoms with E-state index < -0.39 is 0 Å². The van der Waals surface area contributed by atoms with Crippen molar-refractivity contribution in [2.24, 2.45) is 5.73 Å². The molecule has 5 heteroatoms. The molecule has 0 radical (unpaired) electrons. The summed E-state index contributed by atoms with van der Waals surface area (Å²) in [7, 11) is 0. The smallest absolute Gasteiger partial charge is 0.104 e. The van der Waals surface area contributed by atoms with Gasteiger partial charge in [-0.1, -0.05) is 23.8 Å². The summed E-state index contributed by atoms with van der Waals surface area (Å²) < 4.78 is 0. The number of aromatic nitrogens is 1. The predicted molar refractivity (Wildman–Crippen MR) is 79.6 cm³/mol. The first kappa shape index (κ1) is 12.8. The Morgan fingerprint density at radius 2 is 2.11 bits per heavy atom. The van der Waals surface area contributed by atoms with Crippen molar-refractivity contribution >= 4 is 40.2 Å². The number of nitrogens with zero attached hydrogens (tertiary/aromatic N) is 1. The number of hydrogen-bond acceptors (Lipinski definition) is 3. The molecule has 1 aromatic carbocycles. The van der Waals surface area contributed by atoms with Gasteiger partial charge in [0, 0.05) is 11.8 Å². The molecule has 0 atom stereocenters. The van der Waals surface area contributed by atoms with Crippen molar-refractivity contribution in [3.05, 3.63) is 52.8 Å². The molecule has 0 spiro atoms. The van der Waals surface area contributed by atoms with E-state index >= 15 is 0 Å². The molecule has 3 N–H and O–H groups in total. The van der Waals surface area contributed by atoms with Gasteiger partial charge in [-0.15, -0.1) is 0 Å². The Hall–Kier alpha value is -1.65. The van der Waals surface area contributed by atoms with E-state index in [1.165, 1.54) is 0 Å². The van der Waals surface area contributed by atoms with Gasteiger partial charge < -0.3 is 11.1 Å². The lowest BCUT2D eigenvalue weighted by Gasteiger charge is -2.09. The Morgan fingerprint density at radius 3 is 2.72 bits per heavy atom. The normalized spacial score (nSPS) is 10.1. The van der Waals surface area contributed by atoms with Crippen LogP contribution in [0.4, 0.5) is 11.4 Å². The fourth-order valence-corrected chi connectivity index (χ4v) is 1.90. The largest absolute Gasteiger partial charge is 0.389 e. The molecule has 0 bridgehead atoms. The molecular formula is C13H12ClN3S. The molecular weight excluding hydrogens is 266 g/mol. The number of anilines is 2. The fraction of sp³-hybridized carbons (Fsp3) is 0.0769. The van der Waals surface area contributed by atoms with Crippen LogP contribution in [-0.2, 0) is 0 Å². The van der Waals surface area contributed by atoms with Gasteiger partial charge in [0.2, 0.25) is 0 Å². The van der Waals surface area contributed by atoms with Gasteiger partial charge in [0.05, 0.1) is 22.6 Å². The van der Waals surface area contributed by atoms with Crippen LogP contribution >= 0.6 is 23.8 Å². The maximum Gasteiger partial charge on any atom is 0.104 e. The zero-order chi connectivity index (χ0) is 13.1. The van der Waals surface area contributed by atoms with E-state index in [0.29, 0.717) is 10.0 Å². The molecule has 3 nitrogen and oxygen atoms in total. The van der Waals surface area contributed by atoms with Crippen LogP contribution in [0.5, 0.6) is 0 Å². The van der Waals surface area contributed by atoms with Crippen molar-refractivity contribution < 1.29 is 0 Å². The standard InChI is InChI=1S/C13H12ClN3S/c1-8-4-10(7-16-6-8)17-12-3-2-9(13(15)18)5-11(12)14/h2-7,17H,1H3,(H2,15,18). The number of hydrogen-bond donors (Lipinski definition) is 2. The Labute approximate surface area is 116 Å². The van der Waals surface area contributed by atoms with E-state index in [1.54, 1.807) is 18.5 Å². The van der Waals surface area contributed by atoms with E-state index in [0.717, 1.165) is 22.5 Å². The summed E-state index contributed by atoms with van der Waals surface area (Å²) in [6, 6.07) is 7.42. The lowest BCUT2D eigenvalue weighted by Crippen LogP contribution is -2.09. The molecule has 0 saturated heterocycles. The van der Waals surface area contributed by atoms with Gasteiger partial charge in [-0.3, -0.25) is 4.98 Å². The summed E-state index contributed by atoms with van der Waals surface area (Å²) in [6.07, 6.45) is 3.54. The van der Waals surface area contributed by atoms with Gasteiger partial charge in [0.1, 0.15) is 4.99 Å². The SMILES string of the molecule is Cc1cncc(Nc2ccc(C(N)=S)cc2Cl)c1. The highest BCUT2D eigenvalue weighted by Crippen LogP contribution is 2.26. The van der Waals surface area contributed by atoms with Crippen LogP contribution in [0.3, 0.4) is 0 Å². The summed E-state index contributed by atoms with van der Waals surface area (Å²) >= 11 is 11.1. The van der Waals surface area contributed by atoms with E-state index in [1.807, 2.05) is 25.1 Å². The molecule has 0 saturated carbocycles. The Balaban J connectivity index is 2.27.